The summed E-state index contributed by atoms with van der Waals surface area (Å²) < 4.78 is 7.40. The molecule has 0 aliphatic carbocycles. The molecule has 1 fully saturated rings. The van der Waals surface area contributed by atoms with E-state index in [0.29, 0.717) is 19.2 Å². The summed E-state index contributed by atoms with van der Waals surface area (Å²) in [5.41, 5.74) is 3.99. The van der Waals surface area contributed by atoms with Gasteiger partial charge in [0.1, 0.15) is 5.82 Å². The molecule has 7 nitrogen and oxygen atoms in total. The van der Waals surface area contributed by atoms with E-state index >= 15 is 0 Å². The van der Waals surface area contributed by atoms with Crippen molar-refractivity contribution in [2.75, 3.05) is 42.8 Å². The summed E-state index contributed by atoms with van der Waals surface area (Å²) in [5.74, 6) is 1.49. The number of morpholine rings is 1. The third-order valence-electron chi connectivity index (χ3n) is 5.42. The Morgan fingerprint density at radius 2 is 1.81 bits per heavy atom. The molecule has 1 N–H and O–H groups in total. The maximum absolute atomic E-state index is 5.51. The second kappa shape index (κ2) is 8.56. The van der Waals surface area contributed by atoms with E-state index in [4.69, 9.17) is 14.7 Å². The number of aromatic nitrogens is 4. The highest BCUT2D eigenvalue weighted by atomic mass is 32.2. The fourth-order valence-corrected chi connectivity index (χ4v) is 4.09. The number of hydrogen-bond acceptors (Lipinski definition) is 7. The Balaban J connectivity index is 1.55. The molecule has 2 aromatic carbocycles. The monoisotopic (exact) mass is 432 g/mol. The number of ether oxygens (including phenoxy) is 1. The van der Waals surface area contributed by atoms with Gasteiger partial charge in [0.2, 0.25) is 5.95 Å². The number of nitrogens with zero attached hydrogens (tertiary/aromatic N) is 5. The fraction of sp³-hybridized carbons (Fsp3) is 0.261. The first-order chi connectivity index (χ1) is 15.2. The lowest BCUT2D eigenvalue weighted by Crippen LogP contribution is -2.37. The first kappa shape index (κ1) is 19.8. The van der Waals surface area contributed by atoms with Gasteiger partial charge in [-0.25, -0.2) is 4.98 Å². The van der Waals surface area contributed by atoms with Crippen molar-refractivity contribution in [1.29, 1.82) is 0 Å². The zero-order valence-corrected chi connectivity index (χ0v) is 18.4. The van der Waals surface area contributed by atoms with Crippen molar-refractivity contribution >= 4 is 40.1 Å². The Morgan fingerprint density at radius 3 is 2.58 bits per heavy atom. The Kier molecular flexibility index (Phi) is 5.48. The van der Waals surface area contributed by atoms with Crippen LogP contribution in [0.5, 0.6) is 0 Å². The first-order valence-corrected chi connectivity index (χ1v) is 11.5. The van der Waals surface area contributed by atoms with Crippen LogP contribution in [0.15, 0.2) is 59.6 Å². The summed E-state index contributed by atoms with van der Waals surface area (Å²) >= 11 is 1.73. The van der Waals surface area contributed by atoms with E-state index in [2.05, 4.69) is 64.0 Å². The van der Waals surface area contributed by atoms with E-state index in [1.54, 1.807) is 11.8 Å². The van der Waals surface area contributed by atoms with Gasteiger partial charge in [0, 0.05) is 47.7 Å². The number of nitrogens with one attached hydrogen (secondary N) is 1. The van der Waals surface area contributed by atoms with Crippen LogP contribution in [-0.4, -0.2) is 52.3 Å². The van der Waals surface area contributed by atoms with E-state index in [-0.39, 0.29) is 0 Å². The molecule has 0 saturated carbocycles. The molecule has 1 aliphatic rings. The Bertz CT molecular complexity index is 1200. The third-order valence-corrected chi connectivity index (χ3v) is 6.16. The largest absolute Gasteiger partial charge is 0.378 e. The van der Waals surface area contributed by atoms with E-state index in [1.807, 2.05) is 24.0 Å². The summed E-state index contributed by atoms with van der Waals surface area (Å²) in [6, 6.07) is 16.7. The second-order valence-electron chi connectivity index (χ2n) is 7.43. The van der Waals surface area contributed by atoms with Crippen LogP contribution in [0.25, 0.3) is 22.2 Å². The number of rotatable bonds is 5. The molecule has 0 spiro atoms. The summed E-state index contributed by atoms with van der Waals surface area (Å²) in [5, 5.41) is 8.92. The zero-order valence-electron chi connectivity index (χ0n) is 17.6. The number of hydrogen-bond donors (Lipinski definition) is 1. The molecule has 31 heavy (non-hydrogen) atoms. The molecule has 0 unspecified atom stereocenters. The molecular weight excluding hydrogens is 408 g/mol. The summed E-state index contributed by atoms with van der Waals surface area (Å²) in [7, 11) is 1.95. The first-order valence-electron chi connectivity index (χ1n) is 10.2. The Morgan fingerprint density at radius 1 is 1.00 bits per heavy atom. The molecule has 0 radical (unpaired) electrons. The van der Waals surface area contributed by atoms with E-state index in [1.165, 1.54) is 4.90 Å². The SMILES string of the molecule is CSc1ccc(Nc2cc(-c3ccc4cnn(C)c4c3)nc(N3CCOCC3)n2)cc1. The summed E-state index contributed by atoms with van der Waals surface area (Å²) in [4.78, 5) is 13.1. The van der Waals surface area contributed by atoms with Crippen LogP contribution in [-0.2, 0) is 11.8 Å². The summed E-state index contributed by atoms with van der Waals surface area (Å²) in [6.45, 7) is 2.94. The molecule has 3 heterocycles. The molecule has 8 heteroatoms. The van der Waals surface area contributed by atoms with Crippen LogP contribution in [0.3, 0.4) is 0 Å². The topological polar surface area (TPSA) is 68.1 Å². The molecule has 0 atom stereocenters. The smallest absolute Gasteiger partial charge is 0.228 e. The minimum absolute atomic E-state index is 0.688. The maximum Gasteiger partial charge on any atom is 0.228 e. The minimum atomic E-state index is 0.688. The predicted octanol–water partition coefficient (Wildman–Crippen LogP) is 4.33. The van der Waals surface area contributed by atoms with Crippen LogP contribution >= 0.6 is 11.8 Å². The number of fused-ring (bicyclic) bond motifs is 1. The minimum Gasteiger partial charge on any atom is -0.378 e. The van der Waals surface area contributed by atoms with Crippen molar-refractivity contribution in [2.24, 2.45) is 7.05 Å². The third kappa shape index (κ3) is 4.22. The van der Waals surface area contributed by atoms with Crippen molar-refractivity contribution in [3.05, 3.63) is 54.7 Å². The average Bonchev–Trinajstić information content (AvgIpc) is 3.20. The van der Waals surface area contributed by atoms with Gasteiger partial charge in [-0.2, -0.15) is 10.1 Å². The summed E-state index contributed by atoms with van der Waals surface area (Å²) in [6.07, 6.45) is 3.95. The van der Waals surface area contributed by atoms with Crippen LogP contribution in [0.2, 0.25) is 0 Å². The molecular formula is C23H24N6OS. The second-order valence-corrected chi connectivity index (χ2v) is 8.31. The molecule has 158 valence electrons. The molecule has 1 saturated heterocycles. The standard InChI is InChI=1S/C23H24N6OS/c1-28-21-13-16(3-4-17(21)15-24-28)20-14-22(25-18-5-7-19(31-2)8-6-18)27-23(26-20)29-9-11-30-12-10-29/h3-8,13-15H,9-12H2,1-2H3,(H,25,26,27). The molecule has 1 aliphatic heterocycles. The van der Waals surface area contributed by atoms with Crippen molar-refractivity contribution < 1.29 is 4.74 Å². The van der Waals surface area contributed by atoms with Crippen molar-refractivity contribution in [1.82, 2.24) is 19.7 Å². The normalized spacial score (nSPS) is 14.2. The molecule has 4 aromatic rings. The zero-order chi connectivity index (χ0) is 21.2. The number of benzene rings is 2. The van der Waals surface area contributed by atoms with Gasteiger partial charge in [-0.05, 0) is 36.6 Å². The van der Waals surface area contributed by atoms with Crippen molar-refractivity contribution in [3.63, 3.8) is 0 Å². The number of aryl methyl sites for hydroxylation is 1. The highest BCUT2D eigenvalue weighted by Gasteiger charge is 2.17. The molecule has 5 rings (SSSR count). The van der Waals surface area contributed by atoms with Gasteiger partial charge in [-0.15, -0.1) is 11.8 Å². The molecule has 0 amide bonds. The molecule has 0 bridgehead atoms. The van der Waals surface area contributed by atoms with Gasteiger partial charge in [-0.1, -0.05) is 12.1 Å². The van der Waals surface area contributed by atoms with Crippen LogP contribution in [0.1, 0.15) is 0 Å². The van der Waals surface area contributed by atoms with Crippen LogP contribution < -0.4 is 10.2 Å². The quantitative estimate of drug-likeness (QED) is 0.471. The van der Waals surface area contributed by atoms with Gasteiger partial charge >= 0.3 is 0 Å². The van der Waals surface area contributed by atoms with Crippen molar-refractivity contribution in [3.8, 4) is 11.3 Å². The highest BCUT2D eigenvalue weighted by Crippen LogP contribution is 2.28. The Hall–Kier alpha value is -3.10. The van der Waals surface area contributed by atoms with E-state index in [9.17, 15) is 0 Å². The molecule has 2 aromatic heterocycles. The van der Waals surface area contributed by atoms with Gasteiger partial charge in [-0.3, -0.25) is 4.68 Å². The van der Waals surface area contributed by atoms with E-state index < -0.39 is 0 Å². The number of anilines is 3. The number of thioether (sulfide) groups is 1. The van der Waals surface area contributed by atoms with Gasteiger partial charge < -0.3 is 15.0 Å². The van der Waals surface area contributed by atoms with Gasteiger partial charge in [0.25, 0.3) is 0 Å². The fourth-order valence-electron chi connectivity index (χ4n) is 3.68. The lowest BCUT2D eigenvalue weighted by Gasteiger charge is -2.27. The van der Waals surface area contributed by atoms with Crippen LogP contribution in [0.4, 0.5) is 17.5 Å². The lowest BCUT2D eigenvalue weighted by atomic mass is 10.1. The van der Waals surface area contributed by atoms with E-state index in [0.717, 1.165) is 46.8 Å². The van der Waals surface area contributed by atoms with Crippen molar-refractivity contribution in [2.45, 2.75) is 4.90 Å². The predicted molar refractivity (Wildman–Crippen MR) is 126 cm³/mol. The van der Waals surface area contributed by atoms with Gasteiger partial charge in [0.05, 0.1) is 30.6 Å². The highest BCUT2D eigenvalue weighted by molar-refractivity contribution is 7.98. The average molecular weight is 433 g/mol. The Labute approximate surface area is 185 Å². The lowest BCUT2D eigenvalue weighted by molar-refractivity contribution is 0.122. The maximum atomic E-state index is 5.51. The van der Waals surface area contributed by atoms with Gasteiger partial charge in [0.15, 0.2) is 0 Å². The van der Waals surface area contributed by atoms with Crippen LogP contribution in [0, 0.1) is 0 Å².